The molecule has 2 aromatic rings. The number of aryl methyl sites for hydroxylation is 1. The highest BCUT2D eigenvalue weighted by molar-refractivity contribution is 5.78. The summed E-state index contributed by atoms with van der Waals surface area (Å²) in [6.07, 6.45) is 8.23. The minimum absolute atomic E-state index is 0.0204. The molecule has 29 heavy (non-hydrogen) atoms. The van der Waals surface area contributed by atoms with E-state index in [0.29, 0.717) is 11.9 Å². The second-order valence-electron chi connectivity index (χ2n) is 7.30. The van der Waals surface area contributed by atoms with E-state index in [1.165, 1.54) is 12.8 Å². The van der Waals surface area contributed by atoms with E-state index in [0.717, 1.165) is 24.2 Å². The predicted octanol–water partition coefficient (Wildman–Crippen LogP) is 2.27. The van der Waals surface area contributed by atoms with E-state index < -0.39 is 6.04 Å². The molecule has 0 bridgehead atoms. The summed E-state index contributed by atoms with van der Waals surface area (Å²) in [6, 6.07) is 7.01. The van der Waals surface area contributed by atoms with Crippen LogP contribution in [0, 0.1) is 0 Å². The van der Waals surface area contributed by atoms with Gasteiger partial charge >= 0.3 is 6.03 Å². The van der Waals surface area contributed by atoms with Crippen LogP contribution in [0.25, 0.3) is 0 Å². The van der Waals surface area contributed by atoms with Crippen molar-refractivity contribution in [1.82, 2.24) is 25.5 Å². The second-order valence-corrected chi connectivity index (χ2v) is 7.30. The number of urea groups is 1. The van der Waals surface area contributed by atoms with E-state index in [-0.39, 0.29) is 24.9 Å². The summed E-state index contributed by atoms with van der Waals surface area (Å²) in [5.74, 6) is 1.43. The molecule has 0 aliphatic heterocycles. The predicted molar refractivity (Wildman–Crippen MR) is 110 cm³/mol. The summed E-state index contributed by atoms with van der Waals surface area (Å²) < 4.78 is 7.07. The molecule has 156 valence electrons. The topological polar surface area (TPSA) is 97.3 Å². The van der Waals surface area contributed by atoms with Gasteiger partial charge in [0.2, 0.25) is 5.91 Å². The van der Waals surface area contributed by atoms with Gasteiger partial charge in [-0.3, -0.25) is 4.79 Å². The third kappa shape index (κ3) is 5.73. The molecule has 8 nitrogen and oxygen atoms in total. The molecule has 3 N–H and O–H groups in total. The van der Waals surface area contributed by atoms with Crippen LogP contribution in [0.2, 0.25) is 0 Å². The Labute approximate surface area is 171 Å². The molecular weight excluding hydrogens is 370 g/mol. The average Bonchev–Trinajstić information content (AvgIpc) is 3.38. The SMILES string of the molecule is COc1ccc(C(NC(=O)NCCC(=O)NC2CCCC2)c2nccn2C)cc1. The zero-order valence-electron chi connectivity index (χ0n) is 17.0. The van der Waals surface area contributed by atoms with E-state index in [2.05, 4.69) is 20.9 Å². The van der Waals surface area contributed by atoms with Gasteiger partial charge < -0.3 is 25.3 Å². The van der Waals surface area contributed by atoms with Crippen LogP contribution in [0.5, 0.6) is 5.75 Å². The number of aromatic nitrogens is 2. The van der Waals surface area contributed by atoms with Gasteiger partial charge in [0.25, 0.3) is 0 Å². The molecule has 1 aliphatic carbocycles. The molecule has 0 spiro atoms. The van der Waals surface area contributed by atoms with Gasteiger partial charge in [0.05, 0.1) is 7.11 Å². The van der Waals surface area contributed by atoms with Crippen molar-refractivity contribution in [3.8, 4) is 5.75 Å². The molecule has 0 saturated heterocycles. The Morgan fingerprint density at radius 3 is 2.59 bits per heavy atom. The van der Waals surface area contributed by atoms with Crippen LogP contribution in [0.1, 0.15) is 49.5 Å². The zero-order valence-corrected chi connectivity index (χ0v) is 17.0. The molecule has 1 saturated carbocycles. The van der Waals surface area contributed by atoms with Crippen molar-refractivity contribution < 1.29 is 14.3 Å². The normalized spacial score (nSPS) is 15.0. The zero-order chi connectivity index (χ0) is 20.6. The summed E-state index contributed by atoms with van der Waals surface area (Å²) in [6.45, 7) is 0.278. The van der Waals surface area contributed by atoms with Crippen molar-refractivity contribution in [3.63, 3.8) is 0 Å². The molecule has 8 heteroatoms. The lowest BCUT2D eigenvalue weighted by atomic mass is 10.1. The largest absolute Gasteiger partial charge is 0.497 e. The molecule has 1 fully saturated rings. The first-order chi connectivity index (χ1) is 14.1. The Bertz CT molecular complexity index is 812. The molecule has 1 aromatic carbocycles. The van der Waals surface area contributed by atoms with Crippen molar-refractivity contribution >= 4 is 11.9 Å². The van der Waals surface area contributed by atoms with Gasteiger partial charge in [-0.05, 0) is 30.5 Å². The fourth-order valence-electron chi connectivity index (χ4n) is 3.59. The number of hydrogen-bond donors (Lipinski definition) is 3. The fraction of sp³-hybridized carbons (Fsp3) is 0.476. The monoisotopic (exact) mass is 399 g/mol. The van der Waals surface area contributed by atoms with Crippen LogP contribution in [0.4, 0.5) is 4.79 Å². The third-order valence-corrected chi connectivity index (χ3v) is 5.20. The molecule has 1 unspecified atom stereocenters. The molecule has 1 atom stereocenters. The number of benzene rings is 1. The molecule has 3 rings (SSSR count). The Kier molecular flexibility index (Phi) is 7.10. The fourth-order valence-corrected chi connectivity index (χ4v) is 3.59. The number of carbonyl (C=O) groups excluding carboxylic acids is 2. The summed E-state index contributed by atoms with van der Waals surface area (Å²) in [4.78, 5) is 28.9. The van der Waals surface area contributed by atoms with E-state index in [1.54, 1.807) is 13.3 Å². The van der Waals surface area contributed by atoms with E-state index >= 15 is 0 Å². The molecule has 3 amide bonds. The van der Waals surface area contributed by atoms with Crippen molar-refractivity contribution in [2.75, 3.05) is 13.7 Å². The second kappa shape index (κ2) is 9.95. The number of nitrogens with zero attached hydrogens (tertiary/aromatic N) is 2. The molecule has 1 aliphatic rings. The van der Waals surface area contributed by atoms with Crippen LogP contribution in [-0.4, -0.2) is 41.2 Å². The van der Waals surface area contributed by atoms with Crippen LogP contribution in [0.3, 0.4) is 0 Å². The Morgan fingerprint density at radius 2 is 1.97 bits per heavy atom. The Morgan fingerprint density at radius 1 is 1.24 bits per heavy atom. The van der Waals surface area contributed by atoms with Crippen LogP contribution in [-0.2, 0) is 11.8 Å². The highest BCUT2D eigenvalue weighted by atomic mass is 16.5. The lowest BCUT2D eigenvalue weighted by Crippen LogP contribution is -2.41. The summed E-state index contributed by atoms with van der Waals surface area (Å²) in [5.41, 5.74) is 0.884. The number of rotatable bonds is 8. The van der Waals surface area contributed by atoms with Crippen LogP contribution >= 0.6 is 0 Å². The smallest absolute Gasteiger partial charge is 0.315 e. The van der Waals surface area contributed by atoms with E-state index in [1.807, 2.05) is 42.1 Å². The molecule has 0 radical (unpaired) electrons. The van der Waals surface area contributed by atoms with E-state index in [9.17, 15) is 9.59 Å². The minimum Gasteiger partial charge on any atom is -0.497 e. The van der Waals surface area contributed by atoms with Gasteiger partial charge in [-0.25, -0.2) is 9.78 Å². The first-order valence-electron chi connectivity index (χ1n) is 10.0. The number of nitrogens with one attached hydrogen (secondary N) is 3. The van der Waals surface area contributed by atoms with E-state index in [4.69, 9.17) is 4.74 Å². The number of imidazole rings is 1. The van der Waals surface area contributed by atoms with Gasteiger partial charge in [0.15, 0.2) is 0 Å². The summed E-state index contributed by atoms with van der Waals surface area (Å²) in [5, 5.41) is 8.75. The Balaban J connectivity index is 1.56. The third-order valence-electron chi connectivity index (χ3n) is 5.20. The first-order valence-corrected chi connectivity index (χ1v) is 10.0. The molecular formula is C21H29N5O3. The van der Waals surface area contributed by atoms with Crippen molar-refractivity contribution in [2.24, 2.45) is 7.05 Å². The van der Waals surface area contributed by atoms with Crippen LogP contribution in [0.15, 0.2) is 36.7 Å². The van der Waals surface area contributed by atoms with Crippen molar-refractivity contribution in [1.29, 1.82) is 0 Å². The highest BCUT2D eigenvalue weighted by Gasteiger charge is 2.21. The summed E-state index contributed by atoms with van der Waals surface area (Å²) >= 11 is 0. The van der Waals surface area contributed by atoms with Gasteiger partial charge in [-0.15, -0.1) is 0 Å². The quantitative estimate of drug-likeness (QED) is 0.634. The maximum atomic E-state index is 12.5. The number of ether oxygens (including phenoxy) is 1. The number of hydrogen-bond acceptors (Lipinski definition) is 4. The lowest BCUT2D eigenvalue weighted by molar-refractivity contribution is -0.121. The maximum absolute atomic E-state index is 12.5. The Hall–Kier alpha value is -3.03. The van der Waals surface area contributed by atoms with Crippen molar-refractivity contribution in [3.05, 3.63) is 48.0 Å². The standard InChI is InChI=1S/C21H29N5O3/c1-26-14-13-22-20(26)19(15-7-9-17(29-2)10-8-15)25-21(28)23-12-11-18(27)24-16-5-3-4-6-16/h7-10,13-14,16,19H,3-6,11-12H2,1-2H3,(H,24,27)(H2,23,25,28). The van der Waals surface area contributed by atoms with Crippen LogP contribution < -0.4 is 20.7 Å². The molecule has 1 heterocycles. The lowest BCUT2D eigenvalue weighted by Gasteiger charge is -2.20. The van der Waals surface area contributed by atoms with Gasteiger partial charge in [0.1, 0.15) is 17.6 Å². The number of methoxy groups -OCH3 is 1. The van der Waals surface area contributed by atoms with Gasteiger partial charge in [-0.2, -0.15) is 0 Å². The van der Waals surface area contributed by atoms with Gasteiger partial charge in [0, 0.05) is 38.4 Å². The minimum atomic E-state index is -0.423. The maximum Gasteiger partial charge on any atom is 0.315 e. The first kappa shape index (κ1) is 20.7. The van der Waals surface area contributed by atoms with Crippen molar-refractivity contribution in [2.45, 2.75) is 44.2 Å². The molecule has 1 aromatic heterocycles. The average molecular weight is 399 g/mol. The number of carbonyl (C=O) groups is 2. The van der Waals surface area contributed by atoms with Gasteiger partial charge in [-0.1, -0.05) is 25.0 Å². The summed E-state index contributed by atoms with van der Waals surface area (Å²) in [7, 11) is 3.49. The highest BCUT2D eigenvalue weighted by Crippen LogP contribution is 2.23. The number of amides is 3.